The number of fused-ring (bicyclic) bond motifs is 1. The molecule has 1 aliphatic heterocycles. The Balaban J connectivity index is 0.000000289. The zero-order valence-electron chi connectivity index (χ0n) is 22.3. The number of nitrogens with zero attached hydrogens (tertiary/aromatic N) is 6. The van der Waals surface area contributed by atoms with Crippen molar-refractivity contribution in [1.82, 2.24) is 24.1 Å². The first-order valence-electron chi connectivity index (χ1n) is 12.9. The highest BCUT2D eigenvalue weighted by atomic mass is 16.2. The van der Waals surface area contributed by atoms with Gasteiger partial charge in [0.15, 0.2) is 5.65 Å². The van der Waals surface area contributed by atoms with Crippen molar-refractivity contribution in [2.24, 2.45) is 11.7 Å². The standard InChI is InChI=1S/C18H21N5.C8H10N2O2.C2H6.H2/c1-3-14-10-16(15-6-4-5-9-19-15)22(12-14)18-8-7-17-20-11-13(2)23(17)21-18;1-2-10-5-3-4-6(7(9)11)8(10)12;1-2;/h4-9,11,14,16H,3,10,12H2,1-2H3;3-5H,2H2,1H3,(H2,9,11);1-2H3;1H/t14-,16+;;;/m0.../s1. The lowest BCUT2D eigenvalue weighted by Crippen LogP contribution is -2.28. The van der Waals surface area contributed by atoms with E-state index in [2.05, 4.69) is 40.0 Å². The first-order chi connectivity index (χ1) is 17.9. The topological polar surface area (TPSA) is 111 Å². The van der Waals surface area contributed by atoms with Crippen molar-refractivity contribution in [2.45, 2.75) is 60.0 Å². The van der Waals surface area contributed by atoms with Crippen molar-refractivity contribution in [3.8, 4) is 0 Å². The second-order valence-corrected chi connectivity index (χ2v) is 8.67. The number of rotatable bonds is 5. The molecule has 4 aromatic heterocycles. The molecule has 1 fully saturated rings. The summed E-state index contributed by atoms with van der Waals surface area (Å²) in [7, 11) is 0. The summed E-state index contributed by atoms with van der Waals surface area (Å²) in [6.07, 6.45) is 7.68. The molecule has 2 atom stereocenters. The van der Waals surface area contributed by atoms with Crippen LogP contribution in [0.3, 0.4) is 0 Å². The molecule has 4 aromatic rings. The third-order valence-electron chi connectivity index (χ3n) is 6.43. The first-order valence-corrected chi connectivity index (χ1v) is 12.9. The van der Waals surface area contributed by atoms with Crippen molar-refractivity contribution < 1.29 is 6.22 Å². The number of carbonyl (C=O) groups excluding carboxylic acids is 1. The quantitative estimate of drug-likeness (QED) is 0.423. The molecule has 0 aliphatic carbocycles. The molecule has 1 amide bonds. The summed E-state index contributed by atoms with van der Waals surface area (Å²) >= 11 is 0. The van der Waals surface area contributed by atoms with Gasteiger partial charge in [-0.25, -0.2) is 9.50 Å². The maximum absolute atomic E-state index is 11.3. The van der Waals surface area contributed by atoms with Gasteiger partial charge in [-0.3, -0.25) is 14.6 Å². The van der Waals surface area contributed by atoms with E-state index in [9.17, 15) is 9.59 Å². The van der Waals surface area contributed by atoms with Crippen LogP contribution in [0, 0.1) is 12.8 Å². The van der Waals surface area contributed by atoms with E-state index in [1.54, 1.807) is 12.3 Å². The molecule has 0 saturated carbocycles. The van der Waals surface area contributed by atoms with Crippen LogP contribution in [0.15, 0.2) is 65.8 Å². The number of pyridine rings is 2. The molecule has 9 heteroatoms. The Morgan fingerprint density at radius 1 is 1.11 bits per heavy atom. The van der Waals surface area contributed by atoms with Gasteiger partial charge in [0.05, 0.1) is 23.6 Å². The number of carbonyl (C=O) groups is 1. The highest BCUT2D eigenvalue weighted by molar-refractivity contribution is 5.92. The molecule has 1 saturated heterocycles. The van der Waals surface area contributed by atoms with Crippen LogP contribution in [0.2, 0.25) is 0 Å². The lowest BCUT2D eigenvalue weighted by Gasteiger charge is -2.25. The van der Waals surface area contributed by atoms with Gasteiger partial charge in [-0.1, -0.05) is 33.3 Å². The molecule has 9 nitrogen and oxygen atoms in total. The van der Waals surface area contributed by atoms with Crippen molar-refractivity contribution in [1.29, 1.82) is 0 Å². The molecule has 0 unspecified atom stereocenters. The Labute approximate surface area is 219 Å². The number of aryl methyl sites for hydroxylation is 2. The summed E-state index contributed by atoms with van der Waals surface area (Å²) in [5.74, 6) is 1.01. The van der Waals surface area contributed by atoms with E-state index in [1.165, 1.54) is 17.1 Å². The van der Waals surface area contributed by atoms with Gasteiger partial charge in [-0.15, -0.1) is 5.10 Å². The number of primary amides is 1. The van der Waals surface area contributed by atoms with Gasteiger partial charge >= 0.3 is 0 Å². The monoisotopic (exact) mass is 505 g/mol. The minimum absolute atomic E-state index is 0. The van der Waals surface area contributed by atoms with Crippen molar-refractivity contribution in [3.63, 3.8) is 0 Å². The van der Waals surface area contributed by atoms with Crippen LogP contribution in [0.5, 0.6) is 0 Å². The third kappa shape index (κ3) is 6.22. The molecule has 5 rings (SSSR count). The number of imidazole rings is 1. The largest absolute Gasteiger partial charge is 0.365 e. The van der Waals surface area contributed by atoms with E-state index in [4.69, 9.17) is 10.8 Å². The summed E-state index contributed by atoms with van der Waals surface area (Å²) < 4.78 is 3.35. The number of nitrogens with two attached hydrogens (primary N) is 1. The van der Waals surface area contributed by atoms with Gasteiger partial charge in [0.25, 0.3) is 11.5 Å². The molecule has 0 bridgehead atoms. The predicted molar refractivity (Wildman–Crippen MR) is 149 cm³/mol. The molecular formula is C28H39N7O2. The Kier molecular flexibility index (Phi) is 9.54. The van der Waals surface area contributed by atoms with Crippen LogP contribution in [0.1, 0.15) is 69.8 Å². The number of hydrogen-bond donors (Lipinski definition) is 1. The minimum Gasteiger partial charge on any atom is -0.365 e. The van der Waals surface area contributed by atoms with Crippen LogP contribution in [0.25, 0.3) is 5.65 Å². The van der Waals surface area contributed by atoms with Crippen molar-refractivity contribution >= 4 is 17.4 Å². The summed E-state index contributed by atoms with van der Waals surface area (Å²) in [5.41, 5.74) is 7.79. The van der Waals surface area contributed by atoms with Crippen molar-refractivity contribution in [2.75, 3.05) is 11.4 Å². The molecule has 198 valence electrons. The summed E-state index contributed by atoms with van der Waals surface area (Å²) in [5, 5.41) is 4.81. The summed E-state index contributed by atoms with van der Waals surface area (Å²) in [6, 6.07) is 13.6. The zero-order valence-corrected chi connectivity index (χ0v) is 22.3. The van der Waals surface area contributed by atoms with Crippen LogP contribution in [0.4, 0.5) is 5.82 Å². The lowest BCUT2D eigenvalue weighted by molar-refractivity contribution is 0.0998. The van der Waals surface area contributed by atoms with E-state index < -0.39 is 5.91 Å². The van der Waals surface area contributed by atoms with Crippen LogP contribution < -0.4 is 16.2 Å². The third-order valence-corrected chi connectivity index (χ3v) is 6.43. The summed E-state index contributed by atoms with van der Waals surface area (Å²) in [6.45, 7) is 11.7. The SMILES string of the molecule is CC.CC[C@H]1C[C@H](c2ccccn2)N(c2ccc3ncc(C)n3n2)C1.CCn1cccc(C(N)=O)c1=O.[HH]. The van der Waals surface area contributed by atoms with Crippen LogP contribution in [-0.2, 0) is 6.54 Å². The van der Waals surface area contributed by atoms with Crippen molar-refractivity contribution in [3.05, 3.63) is 88.4 Å². The molecule has 0 radical (unpaired) electrons. The Bertz CT molecular complexity index is 1370. The second-order valence-electron chi connectivity index (χ2n) is 8.67. The van der Waals surface area contributed by atoms with E-state index in [1.807, 2.05) is 56.7 Å². The molecule has 2 N–H and O–H groups in total. The second kappa shape index (κ2) is 12.8. The molecular weight excluding hydrogens is 466 g/mol. The van der Waals surface area contributed by atoms with Gasteiger partial charge in [-0.05, 0) is 62.6 Å². The number of hydrogen-bond acceptors (Lipinski definition) is 6. The summed E-state index contributed by atoms with van der Waals surface area (Å²) in [4.78, 5) is 33.4. The van der Waals surface area contributed by atoms with Gasteiger partial charge in [0, 0.05) is 26.9 Å². The van der Waals surface area contributed by atoms with E-state index in [0.717, 1.165) is 35.8 Å². The fourth-order valence-corrected chi connectivity index (χ4v) is 4.43. The molecule has 0 spiro atoms. The average Bonchev–Trinajstić information content (AvgIpc) is 3.54. The lowest BCUT2D eigenvalue weighted by atomic mass is 10.0. The van der Waals surface area contributed by atoms with Gasteiger partial charge < -0.3 is 15.2 Å². The minimum atomic E-state index is -0.678. The zero-order chi connectivity index (χ0) is 26.9. The van der Waals surface area contributed by atoms with E-state index >= 15 is 0 Å². The maximum atomic E-state index is 11.3. The highest BCUT2D eigenvalue weighted by Gasteiger charge is 2.34. The Morgan fingerprint density at radius 2 is 1.89 bits per heavy atom. The average molecular weight is 506 g/mol. The molecule has 1 aliphatic rings. The van der Waals surface area contributed by atoms with Crippen LogP contribution >= 0.6 is 0 Å². The Hall–Kier alpha value is -4.01. The molecule has 0 aromatic carbocycles. The fraction of sp³-hybridized carbons (Fsp3) is 0.393. The fourth-order valence-electron chi connectivity index (χ4n) is 4.43. The number of aromatic nitrogens is 5. The predicted octanol–water partition coefficient (Wildman–Crippen LogP) is 4.65. The van der Waals surface area contributed by atoms with Gasteiger partial charge in [-0.2, -0.15) is 0 Å². The van der Waals surface area contributed by atoms with Gasteiger partial charge in [0.1, 0.15) is 11.4 Å². The van der Waals surface area contributed by atoms with Gasteiger partial charge in [0.2, 0.25) is 0 Å². The Morgan fingerprint density at radius 3 is 2.54 bits per heavy atom. The number of amides is 1. The smallest absolute Gasteiger partial charge is 0.263 e. The highest BCUT2D eigenvalue weighted by Crippen LogP contribution is 2.38. The number of anilines is 1. The van der Waals surface area contributed by atoms with E-state index in [0.29, 0.717) is 18.5 Å². The maximum Gasteiger partial charge on any atom is 0.263 e. The molecule has 37 heavy (non-hydrogen) atoms. The first kappa shape index (κ1) is 27.6. The van der Waals surface area contributed by atoms with Crippen LogP contribution in [-0.4, -0.2) is 36.6 Å². The normalized spacial score (nSPS) is 16.5. The molecule has 5 heterocycles. The van der Waals surface area contributed by atoms with E-state index in [-0.39, 0.29) is 12.5 Å².